The molecule has 1 aromatic carbocycles. The number of hydrogen-bond acceptors (Lipinski definition) is 3. The molecule has 1 aromatic rings. The Bertz CT molecular complexity index is 601. The van der Waals surface area contributed by atoms with Gasteiger partial charge < -0.3 is 15.5 Å². The van der Waals surface area contributed by atoms with Crippen molar-refractivity contribution in [2.24, 2.45) is 5.92 Å². The molecule has 2 atom stereocenters. The first kappa shape index (κ1) is 17.8. The standard InChI is InChI=1S/C20H28N4O/c21-14-16-8-10-18(11-9-16)22-20(25)23-19-7-3-2-6-17(19)15-24-12-4-1-5-13-24/h8-11,17,19H,1-7,12-13,15H2,(H2,22,23,25). The summed E-state index contributed by atoms with van der Waals surface area (Å²) in [6.07, 6.45) is 8.72. The van der Waals surface area contributed by atoms with E-state index in [2.05, 4.69) is 21.6 Å². The topological polar surface area (TPSA) is 68.2 Å². The molecule has 1 saturated carbocycles. The molecule has 0 bridgehead atoms. The third-order valence-corrected chi connectivity index (χ3v) is 5.44. The number of amides is 2. The van der Waals surface area contributed by atoms with Crippen molar-refractivity contribution in [1.29, 1.82) is 5.26 Å². The normalized spacial score (nSPS) is 24.3. The zero-order valence-electron chi connectivity index (χ0n) is 14.8. The van der Waals surface area contributed by atoms with Gasteiger partial charge in [-0.3, -0.25) is 0 Å². The molecule has 1 aliphatic heterocycles. The highest BCUT2D eigenvalue weighted by atomic mass is 16.2. The lowest BCUT2D eigenvalue weighted by Crippen LogP contribution is -2.48. The Morgan fingerprint density at radius 3 is 2.52 bits per heavy atom. The second-order valence-electron chi connectivity index (χ2n) is 7.30. The van der Waals surface area contributed by atoms with Gasteiger partial charge in [0.1, 0.15) is 0 Å². The van der Waals surface area contributed by atoms with E-state index in [9.17, 15) is 4.79 Å². The molecule has 0 aromatic heterocycles. The Balaban J connectivity index is 1.52. The number of nitriles is 1. The third kappa shape index (κ3) is 5.20. The summed E-state index contributed by atoms with van der Waals surface area (Å²) in [5.74, 6) is 0.554. The Morgan fingerprint density at radius 2 is 1.80 bits per heavy atom. The molecule has 1 saturated heterocycles. The van der Waals surface area contributed by atoms with Crippen LogP contribution >= 0.6 is 0 Å². The molecule has 5 heteroatoms. The van der Waals surface area contributed by atoms with Crippen LogP contribution in [-0.2, 0) is 0 Å². The summed E-state index contributed by atoms with van der Waals surface area (Å²) in [5.41, 5.74) is 1.32. The monoisotopic (exact) mass is 340 g/mol. The fourth-order valence-corrected chi connectivity index (χ4v) is 4.05. The van der Waals surface area contributed by atoms with Crippen molar-refractivity contribution in [2.45, 2.75) is 51.0 Å². The van der Waals surface area contributed by atoms with Crippen LogP contribution in [0.2, 0.25) is 0 Å². The number of rotatable bonds is 4. The summed E-state index contributed by atoms with van der Waals surface area (Å²) in [6.45, 7) is 3.53. The molecule has 134 valence electrons. The van der Waals surface area contributed by atoms with E-state index in [1.54, 1.807) is 24.3 Å². The van der Waals surface area contributed by atoms with E-state index < -0.39 is 0 Å². The third-order valence-electron chi connectivity index (χ3n) is 5.44. The number of urea groups is 1. The SMILES string of the molecule is N#Cc1ccc(NC(=O)NC2CCCCC2CN2CCCCC2)cc1. The molecule has 1 aliphatic carbocycles. The summed E-state index contributed by atoms with van der Waals surface area (Å²) < 4.78 is 0. The van der Waals surface area contributed by atoms with Crippen LogP contribution in [0.4, 0.5) is 10.5 Å². The molecule has 5 nitrogen and oxygen atoms in total. The first-order chi connectivity index (χ1) is 12.2. The molecule has 2 amide bonds. The summed E-state index contributed by atoms with van der Waals surface area (Å²) in [5, 5.41) is 14.9. The number of nitrogens with one attached hydrogen (secondary N) is 2. The molecule has 2 fully saturated rings. The van der Waals surface area contributed by atoms with Crippen LogP contribution in [0.5, 0.6) is 0 Å². The van der Waals surface area contributed by atoms with Crippen molar-refractivity contribution in [3.8, 4) is 6.07 Å². The maximum atomic E-state index is 12.4. The molecular formula is C20H28N4O. The molecule has 2 unspecified atom stereocenters. The predicted molar refractivity (Wildman–Crippen MR) is 99.3 cm³/mol. The van der Waals surface area contributed by atoms with E-state index in [1.165, 1.54) is 51.6 Å². The van der Waals surface area contributed by atoms with E-state index in [4.69, 9.17) is 5.26 Å². The number of benzene rings is 1. The number of likely N-dealkylation sites (tertiary alicyclic amines) is 1. The van der Waals surface area contributed by atoms with Gasteiger partial charge in [0.25, 0.3) is 0 Å². The van der Waals surface area contributed by atoms with Crippen LogP contribution in [0.25, 0.3) is 0 Å². The highest BCUT2D eigenvalue weighted by Crippen LogP contribution is 2.26. The molecule has 3 rings (SSSR count). The quantitative estimate of drug-likeness (QED) is 0.877. The zero-order valence-corrected chi connectivity index (χ0v) is 14.8. The fraction of sp³-hybridized carbons (Fsp3) is 0.600. The van der Waals surface area contributed by atoms with Crippen molar-refractivity contribution in [2.75, 3.05) is 25.0 Å². The Kier molecular flexibility index (Phi) is 6.30. The van der Waals surface area contributed by atoms with Crippen LogP contribution in [-0.4, -0.2) is 36.6 Å². The number of piperidine rings is 1. The van der Waals surface area contributed by atoms with Gasteiger partial charge in [0.2, 0.25) is 0 Å². The average Bonchev–Trinajstić information content (AvgIpc) is 2.65. The van der Waals surface area contributed by atoms with Gasteiger partial charge in [-0.25, -0.2) is 4.79 Å². The molecule has 1 heterocycles. The van der Waals surface area contributed by atoms with Gasteiger partial charge in [-0.15, -0.1) is 0 Å². The minimum absolute atomic E-state index is 0.139. The Labute approximate surface area is 150 Å². The predicted octanol–water partition coefficient (Wildman–Crippen LogP) is 3.72. The molecule has 0 radical (unpaired) electrons. The first-order valence-electron chi connectivity index (χ1n) is 9.54. The fourth-order valence-electron chi connectivity index (χ4n) is 4.05. The maximum absolute atomic E-state index is 12.4. The van der Waals surface area contributed by atoms with Gasteiger partial charge >= 0.3 is 6.03 Å². The van der Waals surface area contributed by atoms with Crippen molar-refractivity contribution >= 4 is 11.7 Å². The van der Waals surface area contributed by atoms with Crippen molar-refractivity contribution < 1.29 is 4.79 Å². The van der Waals surface area contributed by atoms with Crippen LogP contribution in [0.1, 0.15) is 50.5 Å². The van der Waals surface area contributed by atoms with Crippen molar-refractivity contribution in [3.05, 3.63) is 29.8 Å². The van der Waals surface area contributed by atoms with Crippen LogP contribution in [0.3, 0.4) is 0 Å². The van der Waals surface area contributed by atoms with Gasteiger partial charge in [-0.1, -0.05) is 19.3 Å². The van der Waals surface area contributed by atoms with E-state index in [0.29, 0.717) is 11.5 Å². The average molecular weight is 340 g/mol. The van der Waals surface area contributed by atoms with Gasteiger partial charge in [-0.05, 0) is 69.0 Å². The van der Waals surface area contributed by atoms with Crippen LogP contribution in [0, 0.1) is 17.2 Å². The van der Waals surface area contributed by atoms with E-state index in [0.717, 1.165) is 18.7 Å². The van der Waals surface area contributed by atoms with Crippen LogP contribution in [0.15, 0.2) is 24.3 Å². The number of nitrogens with zero attached hydrogens (tertiary/aromatic N) is 2. The number of carbonyl (C=O) groups excluding carboxylic acids is 1. The maximum Gasteiger partial charge on any atom is 0.319 e. The summed E-state index contributed by atoms with van der Waals surface area (Å²) in [7, 11) is 0. The highest BCUT2D eigenvalue weighted by Gasteiger charge is 2.28. The molecular weight excluding hydrogens is 312 g/mol. The van der Waals surface area contributed by atoms with Gasteiger partial charge in [0.15, 0.2) is 0 Å². The molecule has 2 aliphatic rings. The Morgan fingerprint density at radius 1 is 1.08 bits per heavy atom. The van der Waals surface area contributed by atoms with Gasteiger partial charge in [0.05, 0.1) is 11.6 Å². The first-order valence-corrected chi connectivity index (χ1v) is 9.54. The summed E-state index contributed by atoms with van der Waals surface area (Å²) in [4.78, 5) is 14.9. The largest absolute Gasteiger partial charge is 0.335 e. The summed E-state index contributed by atoms with van der Waals surface area (Å²) >= 11 is 0. The molecule has 25 heavy (non-hydrogen) atoms. The second-order valence-corrected chi connectivity index (χ2v) is 7.30. The van der Waals surface area contributed by atoms with E-state index >= 15 is 0 Å². The number of carbonyl (C=O) groups is 1. The molecule has 0 spiro atoms. The van der Waals surface area contributed by atoms with Gasteiger partial charge in [-0.2, -0.15) is 5.26 Å². The molecule has 2 N–H and O–H groups in total. The lowest BCUT2D eigenvalue weighted by molar-refractivity contribution is 0.150. The minimum Gasteiger partial charge on any atom is -0.335 e. The Hall–Kier alpha value is -2.06. The zero-order chi connectivity index (χ0) is 17.5. The van der Waals surface area contributed by atoms with Crippen molar-refractivity contribution in [1.82, 2.24) is 10.2 Å². The van der Waals surface area contributed by atoms with Gasteiger partial charge in [0, 0.05) is 18.3 Å². The van der Waals surface area contributed by atoms with E-state index in [-0.39, 0.29) is 12.1 Å². The lowest BCUT2D eigenvalue weighted by atomic mass is 9.84. The number of anilines is 1. The highest BCUT2D eigenvalue weighted by molar-refractivity contribution is 5.89. The van der Waals surface area contributed by atoms with Crippen molar-refractivity contribution in [3.63, 3.8) is 0 Å². The smallest absolute Gasteiger partial charge is 0.319 e. The number of hydrogen-bond donors (Lipinski definition) is 2. The second kappa shape index (κ2) is 8.87. The van der Waals surface area contributed by atoms with E-state index in [1.807, 2.05) is 0 Å². The van der Waals surface area contributed by atoms with Crippen LogP contribution < -0.4 is 10.6 Å². The summed E-state index contributed by atoms with van der Waals surface area (Å²) in [6, 6.07) is 9.18. The minimum atomic E-state index is -0.139. The lowest BCUT2D eigenvalue weighted by Gasteiger charge is -2.37.